The van der Waals surface area contributed by atoms with Crippen LogP contribution in [0.4, 0.5) is 13.2 Å². The van der Waals surface area contributed by atoms with Gasteiger partial charge in [-0.3, -0.25) is 14.5 Å². The lowest BCUT2D eigenvalue weighted by Crippen LogP contribution is -2.56. The van der Waals surface area contributed by atoms with Crippen molar-refractivity contribution in [1.29, 1.82) is 0 Å². The van der Waals surface area contributed by atoms with Crippen molar-refractivity contribution < 1.29 is 32.2 Å². The molecule has 0 spiro atoms. The van der Waals surface area contributed by atoms with Crippen molar-refractivity contribution in [3.8, 4) is 5.75 Å². The molecular formula is C32H43F3N4O4. The standard InChI is InChI=1S/C29H36N4O4.C2H6.CHF3/c1-17-8-10-24-19(3)27(18(2)16-37-24)33-26(34)15-21(31-29(33)30)7-5-4-6-20-9-11-25-22(14-20)23(12-13-36-25)32-28(17)35;1-2;2-1(3)4/h8-11,14,18,21,23,27H,3-7,12-13,15-16H2,1-2H3,(H2,30,31)(H,32,35);1-2H3;1H/b17-8+,24-10+;;. The van der Waals surface area contributed by atoms with E-state index in [0.29, 0.717) is 36.5 Å². The van der Waals surface area contributed by atoms with Crippen molar-refractivity contribution in [3.05, 3.63) is 65.0 Å². The fraction of sp³-hybridized carbons (Fsp3) is 0.531. The minimum absolute atomic E-state index is 0.00173. The minimum atomic E-state index is -3.67. The lowest BCUT2D eigenvalue weighted by molar-refractivity contribution is -0.131. The molecule has 0 radical (unpaired) electrons. The molecule has 5 heterocycles. The number of nitrogens with two attached hydrogens (primary N) is 1. The second-order valence-corrected chi connectivity index (χ2v) is 10.8. The largest absolute Gasteiger partial charge is 0.493 e. The first-order chi connectivity index (χ1) is 20.5. The van der Waals surface area contributed by atoms with Gasteiger partial charge in [-0.2, -0.15) is 13.2 Å². The van der Waals surface area contributed by atoms with Crippen LogP contribution in [0.15, 0.2) is 58.8 Å². The summed E-state index contributed by atoms with van der Waals surface area (Å²) in [4.78, 5) is 32.6. The average Bonchev–Trinajstić information content (AvgIpc) is 2.96. The molecule has 1 fully saturated rings. The molecule has 1 aromatic carbocycles. The summed E-state index contributed by atoms with van der Waals surface area (Å²) in [7, 11) is 0. The van der Waals surface area contributed by atoms with Crippen LogP contribution in [-0.2, 0) is 20.7 Å². The Morgan fingerprint density at radius 2 is 1.84 bits per heavy atom. The molecule has 1 aromatic rings. The number of aliphatic imine (C=N–C) groups is 1. The zero-order chi connectivity index (χ0) is 31.7. The number of ether oxygens (including phenoxy) is 2. The molecular weight excluding hydrogens is 561 g/mol. The van der Waals surface area contributed by atoms with E-state index in [1.165, 1.54) is 5.56 Å². The topological polar surface area (TPSA) is 106 Å². The molecule has 5 aliphatic heterocycles. The zero-order valence-corrected chi connectivity index (χ0v) is 25.4. The summed E-state index contributed by atoms with van der Waals surface area (Å²) >= 11 is 0. The monoisotopic (exact) mass is 604 g/mol. The van der Waals surface area contributed by atoms with Crippen LogP contribution in [0.5, 0.6) is 5.75 Å². The fourth-order valence-electron chi connectivity index (χ4n) is 5.65. The summed E-state index contributed by atoms with van der Waals surface area (Å²) < 4.78 is 40.8. The number of halogens is 3. The average molecular weight is 605 g/mol. The number of hydrogen-bond acceptors (Lipinski definition) is 6. The molecule has 4 unspecified atom stereocenters. The van der Waals surface area contributed by atoms with Gasteiger partial charge in [0.2, 0.25) is 11.8 Å². The van der Waals surface area contributed by atoms with Gasteiger partial charge in [-0.05, 0) is 43.9 Å². The first-order valence-corrected chi connectivity index (χ1v) is 14.9. The molecule has 8 nitrogen and oxygen atoms in total. The predicted octanol–water partition coefficient (Wildman–Crippen LogP) is 5.89. The van der Waals surface area contributed by atoms with Crippen LogP contribution in [0.25, 0.3) is 0 Å². The second-order valence-electron chi connectivity index (χ2n) is 10.8. The number of nitrogens with one attached hydrogen (secondary N) is 1. The van der Waals surface area contributed by atoms with Crippen LogP contribution in [0.1, 0.15) is 77.0 Å². The highest BCUT2D eigenvalue weighted by Gasteiger charge is 2.40. The molecule has 0 aliphatic carbocycles. The second kappa shape index (κ2) is 15.6. The van der Waals surface area contributed by atoms with Crippen molar-refractivity contribution in [1.82, 2.24) is 10.2 Å². The van der Waals surface area contributed by atoms with E-state index < -0.39 is 6.68 Å². The molecule has 5 aliphatic rings. The Morgan fingerprint density at radius 3 is 2.53 bits per heavy atom. The van der Waals surface area contributed by atoms with Gasteiger partial charge in [0.1, 0.15) is 11.5 Å². The Kier molecular flexibility index (Phi) is 12.3. The maximum Gasteiger partial charge on any atom is 0.379 e. The Bertz CT molecular complexity index is 1260. The number of alkyl halides is 3. The molecule has 11 heteroatoms. The number of carbonyl (C=O) groups excluding carboxylic acids is 2. The molecule has 0 aromatic heterocycles. The quantitative estimate of drug-likeness (QED) is 0.384. The maximum atomic E-state index is 13.3. The molecule has 236 valence electrons. The maximum absolute atomic E-state index is 13.3. The molecule has 2 amide bonds. The van der Waals surface area contributed by atoms with Crippen LogP contribution >= 0.6 is 0 Å². The minimum Gasteiger partial charge on any atom is -0.493 e. The van der Waals surface area contributed by atoms with E-state index in [9.17, 15) is 22.8 Å². The predicted molar refractivity (Wildman–Crippen MR) is 160 cm³/mol. The van der Waals surface area contributed by atoms with Gasteiger partial charge in [0, 0.05) is 35.5 Å². The van der Waals surface area contributed by atoms with Gasteiger partial charge < -0.3 is 20.5 Å². The van der Waals surface area contributed by atoms with Crippen molar-refractivity contribution >= 4 is 17.8 Å². The van der Waals surface area contributed by atoms with Gasteiger partial charge in [-0.1, -0.05) is 52.0 Å². The number of nitrogens with zero attached hydrogens (tertiary/aromatic N) is 2. The number of fused-ring (bicyclic) bond motifs is 7. The molecule has 0 saturated carbocycles. The van der Waals surface area contributed by atoms with E-state index in [0.717, 1.165) is 43.4 Å². The van der Waals surface area contributed by atoms with Crippen molar-refractivity contribution in [2.75, 3.05) is 13.2 Å². The van der Waals surface area contributed by atoms with Gasteiger partial charge in [0.15, 0.2) is 5.96 Å². The van der Waals surface area contributed by atoms with Crippen molar-refractivity contribution in [3.63, 3.8) is 0 Å². The third-order valence-corrected chi connectivity index (χ3v) is 7.75. The summed E-state index contributed by atoms with van der Waals surface area (Å²) in [5.74, 6) is 1.46. The van der Waals surface area contributed by atoms with Gasteiger partial charge in [0.25, 0.3) is 0 Å². The highest BCUT2D eigenvalue weighted by molar-refractivity contribution is 5.99. The van der Waals surface area contributed by atoms with Crippen LogP contribution in [0.2, 0.25) is 0 Å². The number of carbonyl (C=O) groups is 2. The van der Waals surface area contributed by atoms with Crippen LogP contribution in [0.3, 0.4) is 0 Å². The first kappa shape index (κ1) is 33.7. The number of rotatable bonds is 0. The third-order valence-electron chi connectivity index (χ3n) is 7.75. The Hall–Kier alpha value is -3.76. The molecule has 6 rings (SSSR count). The number of allylic oxidation sites excluding steroid dienone is 2. The fourth-order valence-corrected chi connectivity index (χ4v) is 5.65. The smallest absolute Gasteiger partial charge is 0.379 e. The van der Waals surface area contributed by atoms with E-state index in [1.54, 1.807) is 24.0 Å². The van der Waals surface area contributed by atoms with Crippen molar-refractivity contribution in [2.24, 2.45) is 16.6 Å². The zero-order valence-electron chi connectivity index (χ0n) is 25.4. The number of hydrogen-bond donors (Lipinski definition) is 2. The number of guanidine groups is 1. The normalized spacial score (nSPS) is 28.1. The van der Waals surface area contributed by atoms with E-state index in [1.807, 2.05) is 26.8 Å². The number of benzene rings is 1. The van der Waals surface area contributed by atoms with Crippen molar-refractivity contribution in [2.45, 2.75) is 91.0 Å². The Labute approximate surface area is 251 Å². The molecule has 4 atom stereocenters. The van der Waals surface area contributed by atoms with Gasteiger partial charge >= 0.3 is 6.68 Å². The number of aryl methyl sites for hydroxylation is 1. The van der Waals surface area contributed by atoms with Crippen LogP contribution < -0.4 is 15.8 Å². The summed E-state index contributed by atoms with van der Waals surface area (Å²) in [6, 6.07) is 5.71. The Balaban J connectivity index is 0.000000780. The Morgan fingerprint density at radius 1 is 1.12 bits per heavy atom. The highest BCUT2D eigenvalue weighted by atomic mass is 19.4. The molecule has 3 N–H and O–H groups in total. The SMILES string of the molecule is C=C1/C2=C\C=C(/C)C(=O)NC3CCOc4ccc(cc43)CCCCC3CC(=O)N(C(N)=N3)C1C(C)CO2.CC.FC(F)F. The van der Waals surface area contributed by atoms with Crippen LogP contribution in [-0.4, -0.2) is 54.7 Å². The summed E-state index contributed by atoms with van der Waals surface area (Å²) in [6.07, 6.45) is 8.20. The van der Waals surface area contributed by atoms with Gasteiger partial charge in [0.05, 0.1) is 31.3 Å². The lowest BCUT2D eigenvalue weighted by atomic mass is 9.89. The van der Waals surface area contributed by atoms with Gasteiger partial charge in [-0.25, -0.2) is 4.99 Å². The third kappa shape index (κ3) is 8.64. The summed E-state index contributed by atoms with van der Waals surface area (Å²) in [5.41, 5.74) is 9.81. The summed E-state index contributed by atoms with van der Waals surface area (Å²) in [6.45, 7) is 9.35. The lowest BCUT2D eigenvalue weighted by Gasteiger charge is -2.42. The highest BCUT2D eigenvalue weighted by Crippen LogP contribution is 2.35. The number of amides is 2. The first-order valence-electron chi connectivity index (χ1n) is 14.9. The van der Waals surface area contributed by atoms with E-state index >= 15 is 0 Å². The van der Waals surface area contributed by atoms with Crippen LogP contribution in [0, 0.1) is 5.92 Å². The van der Waals surface area contributed by atoms with E-state index in [2.05, 4.69) is 24.0 Å². The summed E-state index contributed by atoms with van der Waals surface area (Å²) in [5, 5.41) is 3.18. The van der Waals surface area contributed by atoms with Gasteiger partial charge in [-0.15, -0.1) is 0 Å². The van der Waals surface area contributed by atoms with E-state index in [-0.39, 0.29) is 41.8 Å². The molecule has 43 heavy (non-hydrogen) atoms. The molecule has 1 saturated heterocycles. The van der Waals surface area contributed by atoms with E-state index in [4.69, 9.17) is 20.2 Å². The molecule has 6 bridgehead atoms.